The molecule has 0 aliphatic rings. The lowest BCUT2D eigenvalue weighted by Gasteiger charge is -2.11. The summed E-state index contributed by atoms with van der Waals surface area (Å²) in [6.07, 6.45) is 0. The molecule has 0 atom stereocenters. The van der Waals surface area contributed by atoms with E-state index in [9.17, 15) is 4.39 Å². The molecule has 3 heteroatoms. The van der Waals surface area contributed by atoms with Gasteiger partial charge in [-0.3, -0.25) is 0 Å². The molecule has 0 spiro atoms. The van der Waals surface area contributed by atoms with Crippen LogP contribution in [0.1, 0.15) is 11.1 Å². The molecular formula is C14H14FNO. The molecule has 0 heterocycles. The maximum Gasteiger partial charge on any atom is 0.167 e. The van der Waals surface area contributed by atoms with Crippen LogP contribution in [0.25, 0.3) is 0 Å². The Labute approximate surface area is 99.8 Å². The Bertz CT molecular complexity index is 525. The minimum Gasteiger partial charge on any atom is -0.454 e. The fraction of sp³-hybridized carbons (Fsp3) is 0.143. The normalized spacial score (nSPS) is 10.3. The molecule has 17 heavy (non-hydrogen) atoms. The van der Waals surface area contributed by atoms with Crippen LogP contribution in [-0.2, 0) is 6.54 Å². The Morgan fingerprint density at radius 3 is 2.65 bits per heavy atom. The molecule has 0 unspecified atom stereocenters. The third-order valence-corrected chi connectivity index (χ3v) is 2.48. The van der Waals surface area contributed by atoms with Gasteiger partial charge in [-0.1, -0.05) is 24.3 Å². The number of rotatable bonds is 3. The van der Waals surface area contributed by atoms with E-state index < -0.39 is 5.82 Å². The lowest BCUT2D eigenvalue weighted by Crippen LogP contribution is -2.01. The van der Waals surface area contributed by atoms with E-state index in [0.717, 1.165) is 5.56 Å². The minimum absolute atomic E-state index is 0.209. The van der Waals surface area contributed by atoms with E-state index >= 15 is 0 Å². The predicted octanol–water partition coefficient (Wildman–Crippen LogP) is 3.39. The zero-order valence-electron chi connectivity index (χ0n) is 9.61. The fourth-order valence-corrected chi connectivity index (χ4v) is 1.63. The van der Waals surface area contributed by atoms with Crippen LogP contribution in [0, 0.1) is 12.7 Å². The number of aryl methyl sites for hydroxylation is 1. The summed E-state index contributed by atoms with van der Waals surface area (Å²) >= 11 is 0. The molecule has 2 rings (SSSR count). The van der Waals surface area contributed by atoms with Gasteiger partial charge in [0.2, 0.25) is 0 Å². The van der Waals surface area contributed by atoms with Crippen LogP contribution in [-0.4, -0.2) is 0 Å². The molecule has 2 nitrogen and oxygen atoms in total. The highest BCUT2D eigenvalue weighted by Crippen LogP contribution is 2.28. The van der Waals surface area contributed by atoms with E-state index in [4.69, 9.17) is 10.5 Å². The predicted molar refractivity (Wildman–Crippen MR) is 65.5 cm³/mol. The third-order valence-electron chi connectivity index (χ3n) is 2.48. The van der Waals surface area contributed by atoms with Gasteiger partial charge in [-0.05, 0) is 30.7 Å². The second kappa shape index (κ2) is 4.97. The first kappa shape index (κ1) is 11.6. The molecule has 0 saturated carbocycles. The summed E-state index contributed by atoms with van der Waals surface area (Å²) in [7, 11) is 0. The van der Waals surface area contributed by atoms with Crippen molar-refractivity contribution in [3.8, 4) is 11.5 Å². The van der Waals surface area contributed by atoms with Gasteiger partial charge < -0.3 is 10.5 Å². The maximum absolute atomic E-state index is 13.6. The van der Waals surface area contributed by atoms with Crippen molar-refractivity contribution in [2.45, 2.75) is 13.5 Å². The molecule has 0 radical (unpaired) electrons. The van der Waals surface area contributed by atoms with Crippen molar-refractivity contribution in [2.24, 2.45) is 5.73 Å². The first-order valence-electron chi connectivity index (χ1n) is 5.42. The highest BCUT2D eigenvalue weighted by atomic mass is 19.1. The molecule has 0 amide bonds. The van der Waals surface area contributed by atoms with E-state index in [0.29, 0.717) is 11.3 Å². The van der Waals surface area contributed by atoms with Crippen molar-refractivity contribution in [2.75, 3.05) is 0 Å². The molecule has 0 aliphatic heterocycles. The van der Waals surface area contributed by atoms with Gasteiger partial charge >= 0.3 is 0 Å². The van der Waals surface area contributed by atoms with Gasteiger partial charge in [0.25, 0.3) is 0 Å². The molecule has 0 saturated heterocycles. The van der Waals surface area contributed by atoms with Crippen LogP contribution in [0.3, 0.4) is 0 Å². The third kappa shape index (κ3) is 2.63. The first-order chi connectivity index (χ1) is 8.20. The Morgan fingerprint density at radius 1 is 1.18 bits per heavy atom. The minimum atomic E-state index is -0.394. The fourth-order valence-electron chi connectivity index (χ4n) is 1.63. The Kier molecular flexibility index (Phi) is 3.40. The van der Waals surface area contributed by atoms with Gasteiger partial charge in [0, 0.05) is 12.1 Å². The number of para-hydroxylation sites is 1. The number of halogens is 1. The highest BCUT2D eigenvalue weighted by Gasteiger charge is 2.09. The van der Waals surface area contributed by atoms with Crippen molar-refractivity contribution in [3.05, 3.63) is 59.4 Å². The van der Waals surface area contributed by atoms with Crippen LogP contribution in [0.15, 0.2) is 42.5 Å². The molecule has 0 bridgehead atoms. The molecule has 2 aromatic rings. The molecule has 0 fully saturated rings. The molecule has 0 aliphatic carbocycles. The second-order valence-corrected chi connectivity index (χ2v) is 3.85. The average Bonchev–Trinajstić information content (AvgIpc) is 2.32. The zero-order chi connectivity index (χ0) is 12.3. The highest BCUT2D eigenvalue weighted by molar-refractivity contribution is 5.39. The lowest BCUT2D eigenvalue weighted by atomic mass is 10.2. The molecule has 2 N–H and O–H groups in total. The van der Waals surface area contributed by atoms with Crippen molar-refractivity contribution < 1.29 is 9.13 Å². The average molecular weight is 231 g/mol. The van der Waals surface area contributed by atoms with Crippen LogP contribution >= 0.6 is 0 Å². The van der Waals surface area contributed by atoms with E-state index in [1.807, 2.05) is 25.1 Å². The number of ether oxygens (including phenoxy) is 1. The SMILES string of the molecule is Cc1cccc(Oc2c(F)cccc2CN)c1. The summed E-state index contributed by atoms with van der Waals surface area (Å²) in [6, 6.07) is 12.2. The van der Waals surface area contributed by atoms with Crippen LogP contribution in [0.5, 0.6) is 11.5 Å². The quantitative estimate of drug-likeness (QED) is 0.878. The van der Waals surface area contributed by atoms with Crippen LogP contribution in [0.4, 0.5) is 4.39 Å². The molecule has 2 aromatic carbocycles. The van der Waals surface area contributed by atoms with E-state index in [-0.39, 0.29) is 12.3 Å². The summed E-state index contributed by atoms with van der Waals surface area (Å²) in [5, 5.41) is 0. The molecule has 0 aromatic heterocycles. The first-order valence-corrected chi connectivity index (χ1v) is 5.42. The second-order valence-electron chi connectivity index (χ2n) is 3.85. The van der Waals surface area contributed by atoms with Crippen LogP contribution < -0.4 is 10.5 Å². The van der Waals surface area contributed by atoms with Crippen molar-refractivity contribution in [1.29, 1.82) is 0 Å². The van der Waals surface area contributed by atoms with E-state index in [2.05, 4.69) is 0 Å². The molecule has 88 valence electrons. The monoisotopic (exact) mass is 231 g/mol. The van der Waals surface area contributed by atoms with Crippen molar-refractivity contribution >= 4 is 0 Å². The largest absolute Gasteiger partial charge is 0.454 e. The smallest absolute Gasteiger partial charge is 0.167 e. The van der Waals surface area contributed by atoms with Crippen molar-refractivity contribution in [1.82, 2.24) is 0 Å². The number of hydrogen-bond donors (Lipinski definition) is 1. The van der Waals surface area contributed by atoms with Crippen LogP contribution in [0.2, 0.25) is 0 Å². The van der Waals surface area contributed by atoms with Gasteiger partial charge in [-0.25, -0.2) is 4.39 Å². The Hall–Kier alpha value is -1.87. The van der Waals surface area contributed by atoms with Gasteiger partial charge in [-0.2, -0.15) is 0 Å². The van der Waals surface area contributed by atoms with Gasteiger partial charge in [0.05, 0.1) is 0 Å². The summed E-state index contributed by atoms with van der Waals surface area (Å²) in [5.74, 6) is 0.430. The van der Waals surface area contributed by atoms with E-state index in [1.54, 1.807) is 18.2 Å². The number of hydrogen-bond acceptors (Lipinski definition) is 2. The zero-order valence-corrected chi connectivity index (χ0v) is 9.61. The Morgan fingerprint density at radius 2 is 1.94 bits per heavy atom. The maximum atomic E-state index is 13.6. The number of benzene rings is 2. The topological polar surface area (TPSA) is 35.2 Å². The van der Waals surface area contributed by atoms with E-state index in [1.165, 1.54) is 6.07 Å². The van der Waals surface area contributed by atoms with Gasteiger partial charge in [-0.15, -0.1) is 0 Å². The summed E-state index contributed by atoms with van der Waals surface area (Å²) in [4.78, 5) is 0. The summed E-state index contributed by atoms with van der Waals surface area (Å²) in [6.45, 7) is 2.21. The standard InChI is InChI=1S/C14H14FNO/c1-10-4-2-6-12(8-10)17-14-11(9-16)5-3-7-13(14)15/h2-8H,9,16H2,1H3. The van der Waals surface area contributed by atoms with Gasteiger partial charge in [0.1, 0.15) is 5.75 Å². The van der Waals surface area contributed by atoms with Crippen molar-refractivity contribution in [3.63, 3.8) is 0 Å². The summed E-state index contributed by atoms with van der Waals surface area (Å²) < 4.78 is 19.2. The Balaban J connectivity index is 2.35. The van der Waals surface area contributed by atoms with Gasteiger partial charge in [0.15, 0.2) is 11.6 Å². The lowest BCUT2D eigenvalue weighted by molar-refractivity contribution is 0.436. The summed E-state index contributed by atoms with van der Waals surface area (Å²) in [5.41, 5.74) is 7.28. The molecular weight excluding hydrogens is 217 g/mol. The number of nitrogens with two attached hydrogens (primary N) is 1.